The number of halogens is 1. The van der Waals surface area contributed by atoms with E-state index >= 15 is 0 Å². The lowest BCUT2D eigenvalue weighted by molar-refractivity contribution is -0.116. The van der Waals surface area contributed by atoms with Crippen LogP contribution in [0.2, 0.25) is 5.02 Å². The van der Waals surface area contributed by atoms with Crippen LogP contribution < -0.4 is 4.90 Å². The van der Waals surface area contributed by atoms with Crippen LogP contribution in [0.4, 0.5) is 5.69 Å². The molecule has 3 nitrogen and oxygen atoms in total. The van der Waals surface area contributed by atoms with Gasteiger partial charge in [-0.05, 0) is 42.7 Å². The van der Waals surface area contributed by atoms with E-state index < -0.39 is 0 Å². The van der Waals surface area contributed by atoms with Crippen LogP contribution in [-0.4, -0.2) is 10.5 Å². The minimum atomic E-state index is 0.0127. The molecule has 4 heteroatoms. The lowest BCUT2D eigenvalue weighted by Crippen LogP contribution is -2.32. The Balaban J connectivity index is 2.49. The Bertz CT molecular complexity index is 605. The van der Waals surface area contributed by atoms with Crippen LogP contribution >= 0.6 is 11.6 Å². The fourth-order valence-corrected chi connectivity index (χ4v) is 2.68. The van der Waals surface area contributed by atoms with Crippen molar-refractivity contribution in [1.82, 2.24) is 4.57 Å². The molecule has 2 aromatic rings. The maximum Gasteiger partial charge on any atom is 0.225 e. The second kappa shape index (κ2) is 6.14. The summed E-state index contributed by atoms with van der Waals surface area (Å²) in [6.45, 7) is 6.15. The molecule has 0 aliphatic rings. The van der Waals surface area contributed by atoms with E-state index in [1.807, 2.05) is 48.1 Å². The summed E-state index contributed by atoms with van der Waals surface area (Å²) in [6, 6.07) is 7.75. The normalized spacial score (nSPS) is 10.6. The number of hydrogen-bond acceptors (Lipinski definition) is 1. The third-order valence-electron chi connectivity index (χ3n) is 3.40. The third-order valence-corrected chi connectivity index (χ3v) is 3.76. The van der Waals surface area contributed by atoms with E-state index in [2.05, 4.69) is 6.92 Å². The number of amides is 1. The van der Waals surface area contributed by atoms with Crippen LogP contribution in [-0.2, 0) is 17.9 Å². The van der Waals surface area contributed by atoms with Gasteiger partial charge in [0.2, 0.25) is 5.91 Å². The molecule has 2 rings (SSSR count). The SMILES string of the molecule is CCc1c(Cl)ccc(C)c1N(Cn1cccc1)C(C)=O. The highest BCUT2D eigenvalue weighted by molar-refractivity contribution is 6.32. The van der Waals surface area contributed by atoms with Gasteiger partial charge in [-0.25, -0.2) is 0 Å². The molecule has 0 saturated carbocycles. The minimum absolute atomic E-state index is 0.0127. The highest BCUT2D eigenvalue weighted by atomic mass is 35.5. The van der Waals surface area contributed by atoms with Crippen molar-refractivity contribution in [3.63, 3.8) is 0 Å². The van der Waals surface area contributed by atoms with Gasteiger partial charge in [-0.15, -0.1) is 0 Å². The molecule has 1 aromatic heterocycles. The fraction of sp³-hybridized carbons (Fsp3) is 0.312. The quantitative estimate of drug-likeness (QED) is 0.835. The zero-order valence-corrected chi connectivity index (χ0v) is 12.8. The van der Waals surface area contributed by atoms with E-state index in [-0.39, 0.29) is 5.91 Å². The number of anilines is 1. The Morgan fingerprint density at radius 1 is 1.30 bits per heavy atom. The number of hydrogen-bond donors (Lipinski definition) is 0. The van der Waals surface area contributed by atoms with E-state index in [0.29, 0.717) is 11.7 Å². The van der Waals surface area contributed by atoms with Crippen LogP contribution in [0.3, 0.4) is 0 Å². The zero-order chi connectivity index (χ0) is 14.7. The van der Waals surface area contributed by atoms with Crippen molar-refractivity contribution < 1.29 is 4.79 Å². The maximum atomic E-state index is 12.1. The van der Waals surface area contributed by atoms with E-state index in [4.69, 9.17) is 11.6 Å². The summed E-state index contributed by atoms with van der Waals surface area (Å²) in [5.41, 5.74) is 3.02. The van der Waals surface area contributed by atoms with E-state index in [0.717, 1.165) is 23.2 Å². The molecule has 1 amide bonds. The van der Waals surface area contributed by atoms with Gasteiger partial charge in [0.05, 0.1) is 5.69 Å². The van der Waals surface area contributed by atoms with E-state index in [1.165, 1.54) is 0 Å². The van der Waals surface area contributed by atoms with Crippen molar-refractivity contribution in [3.8, 4) is 0 Å². The van der Waals surface area contributed by atoms with Crippen molar-refractivity contribution in [1.29, 1.82) is 0 Å². The lowest BCUT2D eigenvalue weighted by Gasteiger charge is -2.26. The monoisotopic (exact) mass is 290 g/mol. The van der Waals surface area contributed by atoms with E-state index in [9.17, 15) is 4.79 Å². The van der Waals surface area contributed by atoms with Crippen molar-refractivity contribution in [3.05, 3.63) is 52.8 Å². The Morgan fingerprint density at radius 3 is 2.50 bits per heavy atom. The van der Waals surface area contributed by atoms with Gasteiger partial charge in [-0.3, -0.25) is 9.69 Å². The number of rotatable bonds is 4. The second-order valence-corrected chi connectivity index (χ2v) is 5.24. The minimum Gasteiger partial charge on any atom is -0.336 e. The fourth-order valence-electron chi connectivity index (χ4n) is 2.40. The summed E-state index contributed by atoms with van der Waals surface area (Å²) in [7, 11) is 0. The topological polar surface area (TPSA) is 25.2 Å². The number of benzene rings is 1. The molecule has 0 aliphatic heterocycles. The third kappa shape index (κ3) is 2.88. The Labute approximate surface area is 124 Å². The first kappa shape index (κ1) is 14.7. The molecule has 0 fully saturated rings. The first-order valence-corrected chi connectivity index (χ1v) is 7.09. The van der Waals surface area contributed by atoms with Crippen LogP contribution in [0.5, 0.6) is 0 Å². The summed E-state index contributed by atoms with van der Waals surface area (Å²) < 4.78 is 1.97. The Hall–Kier alpha value is -1.74. The number of aromatic nitrogens is 1. The first-order chi connectivity index (χ1) is 9.54. The highest BCUT2D eigenvalue weighted by Crippen LogP contribution is 2.32. The Morgan fingerprint density at radius 2 is 1.95 bits per heavy atom. The number of nitrogens with zero attached hydrogens (tertiary/aromatic N) is 2. The molecular weight excluding hydrogens is 272 g/mol. The van der Waals surface area contributed by atoms with Gasteiger partial charge >= 0.3 is 0 Å². The molecule has 1 heterocycles. The molecule has 0 unspecified atom stereocenters. The van der Waals surface area contributed by atoms with Gasteiger partial charge < -0.3 is 4.57 Å². The molecule has 1 aromatic carbocycles. The summed E-state index contributed by atoms with van der Waals surface area (Å²) in [5.74, 6) is 0.0127. The van der Waals surface area contributed by atoms with Crippen molar-refractivity contribution >= 4 is 23.2 Å². The van der Waals surface area contributed by atoms with Crippen LogP contribution in [0.1, 0.15) is 25.0 Å². The van der Waals surface area contributed by atoms with Gasteiger partial charge in [-0.1, -0.05) is 24.6 Å². The van der Waals surface area contributed by atoms with Crippen LogP contribution in [0, 0.1) is 6.92 Å². The summed E-state index contributed by atoms with van der Waals surface area (Å²) >= 11 is 6.29. The Kier molecular flexibility index (Phi) is 4.50. The molecule has 0 saturated heterocycles. The van der Waals surface area contributed by atoms with Gasteiger partial charge in [0, 0.05) is 24.3 Å². The van der Waals surface area contributed by atoms with Crippen LogP contribution in [0.15, 0.2) is 36.7 Å². The summed E-state index contributed by atoms with van der Waals surface area (Å²) in [4.78, 5) is 13.8. The molecule has 106 valence electrons. The molecular formula is C16H19ClN2O. The zero-order valence-electron chi connectivity index (χ0n) is 12.1. The molecule has 0 N–H and O–H groups in total. The molecule has 0 aliphatic carbocycles. The van der Waals surface area contributed by atoms with E-state index in [1.54, 1.807) is 11.8 Å². The number of carbonyl (C=O) groups is 1. The molecule has 0 spiro atoms. The predicted molar refractivity (Wildman–Crippen MR) is 83.2 cm³/mol. The molecule has 20 heavy (non-hydrogen) atoms. The number of aryl methyl sites for hydroxylation is 1. The highest BCUT2D eigenvalue weighted by Gasteiger charge is 2.19. The summed E-state index contributed by atoms with van der Waals surface area (Å²) in [6.07, 6.45) is 4.69. The van der Waals surface area contributed by atoms with Gasteiger partial charge in [0.1, 0.15) is 6.67 Å². The molecule has 0 atom stereocenters. The maximum absolute atomic E-state index is 12.1. The first-order valence-electron chi connectivity index (χ1n) is 6.71. The average Bonchev–Trinajstić information content (AvgIpc) is 2.91. The second-order valence-electron chi connectivity index (χ2n) is 4.83. The van der Waals surface area contributed by atoms with Gasteiger partial charge in [0.15, 0.2) is 0 Å². The smallest absolute Gasteiger partial charge is 0.225 e. The van der Waals surface area contributed by atoms with Crippen LogP contribution in [0.25, 0.3) is 0 Å². The average molecular weight is 291 g/mol. The molecule has 0 bridgehead atoms. The number of carbonyl (C=O) groups excluding carboxylic acids is 1. The molecule has 0 radical (unpaired) electrons. The van der Waals surface area contributed by atoms with Crippen molar-refractivity contribution in [2.75, 3.05) is 4.90 Å². The van der Waals surface area contributed by atoms with Crippen molar-refractivity contribution in [2.45, 2.75) is 33.9 Å². The summed E-state index contributed by atoms with van der Waals surface area (Å²) in [5, 5.41) is 0.715. The van der Waals surface area contributed by atoms with Gasteiger partial charge in [-0.2, -0.15) is 0 Å². The largest absolute Gasteiger partial charge is 0.336 e. The standard InChI is InChI=1S/C16H19ClN2O/c1-4-14-15(17)8-7-12(2)16(14)19(13(3)20)11-18-9-5-6-10-18/h5-10H,4,11H2,1-3H3. The van der Waals surface area contributed by atoms with Crippen molar-refractivity contribution in [2.24, 2.45) is 0 Å². The van der Waals surface area contributed by atoms with Gasteiger partial charge in [0.25, 0.3) is 0 Å². The predicted octanol–water partition coefficient (Wildman–Crippen LogP) is 4.02. The lowest BCUT2D eigenvalue weighted by atomic mass is 10.0.